The number of carbonyl (C=O) groups excluding carboxylic acids is 1. The largest absolute Gasteiger partial charge is 0.396 e. The minimum Gasteiger partial charge on any atom is -0.396 e. The van der Waals surface area contributed by atoms with Crippen LogP contribution >= 0.6 is 22.9 Å². The third kappa shape index (κ3) is 4.53. The first-order chi connectivity index (χ1) is 15.7. The van der Waals surface area contributed by atoms with Gasteiger partial charge in [0.15, 0.2) is 0 Å². The van der Waals surface area contributed by atoms with Crippen LogP contribution in [0.25, 0.3) is 0 Å². The summed E-state index contributed by atoms with van der Waals surface area (Å²) < 4.78 is 27.1. The van der Waals surface area contributed by atoms with Crippen molar-refractivity contribution in [1.82, 2.24) is 0 Å². The zero-order valence-electron chi connectivity index (χ0n) is 17.9. The number of nitrogens with one attached hydrogen (secondary N) is 1. The number of rotatable bonds is 6. The van der Waals surface area contributed by atoms with Gasteiger partial charge in [0.2, 0.25) is 15.6 Å². The van der Waals surface area contributed by atoms with Gasteiger partial charge in [-0.05, 0) is 55.8 Å². The molecule has 0 saturated carbocycles. The predicted molar refractivity (Wildman–Crippen MR) is 135 cm³/mol. The van der Waals surface area contributed by atoms with Gasteiger partial charge in [0.05, 0.1) is 10.6 Å². The molecule has 3 N–H and O–H groups in total. The van der Waals surface area contributed by atoms with E-state index < -0.39 is 9.84 Å². The van der Waals surface area contributed by atoms with Gasteiger partial charge in [-0.1, -0.05) is 53.6 Å². The van der Waals surface area contributed by atoms with E-state index in [1.807, 2.05) is 26.0 Å². The summed E-state index contributed by atoms with van der Waals surface area (Å²) in [5, 5.41) is 3.94. The molecular weight excluding hydrogens is 476 g/mol. The first-order valence-electron chi connectivity index (χ1n) is 10.1. The second kappa shape index (κ2) is 9.02. The standard InChI is InChI=1S/C25H21ClN2O3S2/c1-15-8-13-20(16(2)14-15)22(29)23-21(27)24(33(30,31)19-6-4-3-5-7-19)25(32-23)28-18-11-9-17(26)10-12-18/h3-14,28H,27H2,1-2H3. The summed E-state index contributed by atoms with van der Waals surface area (Å²) in [6, 6.07) is 20.3. The van der Waals surface area contributed by atoms with Gasteiger partial charge < -0.3 is 11.1 Å². The van der Waals surface area contributed by atoms with Crippen molar-refractivity contribution in [3.63, 3.8) is 0 Å². The first-order valence-corrected chi connectivity index (χ1v) is 12.7. The van der Waals surface area contributed by atoms with Crippen LogP contribution in [0.1, 0.15) is 26.4 Å². The molecule has 4 rings (SSSR count). The third-order valence-electron chi connectivity index (χ3n) is 5.16. The summed E-state index contributed by atoms with van der Waals surface area (Å²) >= 11 is 7.00. The van der Waals surface area contributed by atoms with E-state index in [9.17, 15) is 13.2 Å². The molecule has 0 unspecified atom stereocenters. The molecule has 1 aromatic heterocycles. The maximum Gasteiger partial charge on any atom is 0.211 e. The van der Waals surface area contributed by atoms with Crippen LogP contribution in [0.2, 0.25) is 5.02 Å². The highest BCUT2D eigenvalue weighted by atomic mass is 35.5. The lowest BCUT2D eigenvalue weighted by Gasteiger charge is -2.10. The van der Waals surface area contributed by atoms with Crippen LogP contribution in [0.3, 0.4) is 0 Å². The number of carbonyl (C=O) groups is 1. The van der Waals surface area contributed by atoms with Gasteiger partial charge in [-0.15, -0.1) is 11.3 Å². The Balaban J connectivity index is 1.89. The Morgan fingerprint density at radius 3 is 2.27 bits per heavy atom. The van der Waals surface area contributed by atoms with Gasteiger partial charge in [0.25, 0.3) is 0 Å². The lowest BCUT2D eigenvalue weighted by Crippen LogP contribution is -2.09. The fourth-order valence-electron chi connectivity index (χ4n) is 3.52. The van der Waals surface area contributed by atoms with Gasteiger partial charge in [0, 0.05) is 16.3 Å². The molecule has 3 aromatic carbocycles. The zero-order chi connectivity index (χ0) is 23.8. The lowest BCUT2D eigenvalue weighted by atomic mass is 10.0. The summed E-state index contributed by atoms with van der Waals surface area (Å²) in [5.41, 5.74) is 9.24. The molecule has 0 bridgehead atoms. The number of anilines is 3. The number of hydrogen-bond donors (Lipinski definition) is 2. The summed E-state index contributed by atoms with van der Waals surface area (Å²) in [4.78, 5) is 13.6. The number of sulfone groups is 1. The van der Waals surface area contributed by atoms with Crippen LogP contribution in [-0.4, -0.2) is 14.2 Å². The molecule has 8 heteroatoms. The SMILES string of the molecule is Cc1ccc(C(=O)c2sc(Nc3ccc(Cl)cc3)c(S(=O)(=O)c3ccccc3)c2N)c(C)c1. The molecule has 0 aliphatic rings. The molecule has 0 radical (unpaired) electrons. The highest BCUT2D eigenvalue weighted by Gasteiger charge is 2.32. The fraction of sp³-hybridized carbons (Fsp3) is 0.0800. The quantitative estimate of drug-likeness (QED) is 0.301. The van der Waals surface area contributed by atoms with E-state index in [1.54, 1.807) is 48.5 Å². The highest BCUT2D eigenvalue weighted by molar-refractivity contribution is 7.92. The van der Waals surface area contributed by atoms with Crippen molar-refractivity contribution in [2.75, 3.05) is 11.1 Å². The molecule has 0 atom stereocenters. The summed E-state index contributed by atoms with van der Waals surface area (Å²) in [6.45, 7) is 3.79. The average Bonchev–Trinajstić information content (AvgIpc) is 3.12. The number of aryl methyl sites for hydroxylation is 2. The van der Waals surface area contributed by atoms with Crippen molar-refractivity contribution in [3.8, 4) is 0 Å². The van der Waals surface area contributed by atoms with E-state index in [2.05, 4.69) is 5.32 Å². The van der Waals surface area contributed by atoms with Gasteiger partial charge in [-0.2, -0.15) is 0 Å². The van der Waals surface area contributed by atoms with Crippen LogP contribution < -0.4 is 11.1 Å². The van der Waals surface area contributed by atoms with Crippen LogP contribution in [0.4, 0.5) is 16.4 Å². The number of hydrogen-bond acceptors (Lipinski definition) is 6. The third-order valence-corrected chi connectivity index (χ3v) is 8.51. The molecular formula is C25H21ClN2O3S2. The van der Waals surface area contributed by atoms with Gasteiger partial charge in [0.1, 0.15) is 14.8 Å². The van der Waals surface area contributed by atoms with Crippen LogP contribution in [-0.2, 0) is 9.84 Å². The Morgan fingerprint density at radius 2 is 1.64 bits per heavy atom. The minimum absolute atomic E-state index is 0.0645. The Labute approximate surface area is 201 Å². The molecule has 5 nitrogen and oxygen atoms in total. The molecule has 0 spiro atoms. The van der Waals surface area contributed by atoms with Crippen molar-refractivity contribution in [2.45, 2.75) is 23.6 Å². The van der Waals surface area contributed by atoms with Gasteiger partial charge in [-0.25, -0.2) is 8.42 Å². The van der Waals surface area contributed by atoms with E-state index >= 15 is 0 Å². The predicted octanol–water partition coefficient (Wildman–Crippen LogP) is 6.41. The zero-order valence-corrected chi connectivity index (χ0v) is 20.3. The number of halogens is 1. The van der Waals surface area contributed by atoms with Gasteiger partial charge in [-0.3, -0.25) is 4.79 Å². The Hall–Kier alpha value is -3.13. The minimum atomic E-state index is -4.00. The van der Waals surface area contributed by atoms with Gasteiger partial charge >= 0.3 is 0 Å². The smallest absolute Gasteiger partial charge is 0.211 e. The van der Waals surface area contributed by atoms with E-state index in [0.717, 1.165) is 22.5 Å². The normalized spacial score (nSPS) is 11.4. The topological polar surface area (TPSA) is 89.3 Å². The van der Waals surface area contributed by atoms with Crippen molar-refractivity contribution < 1.29 is 13.2 Å². The Morgan fingerprint density at radius 1 is 0.970 bits per heavy atom. The number of thiophene rings is 1. The molecule has 0 amide bonds. The molecule has 0 saturated heterocycles. The average molecular weight is 497 g/mol. The Kier molecular flexibility index (Phi) is 6.30. The van der Waals surface area contributed by atoms with E-state index in [4.69, 9.17) is 17.3 Å². The summed E-state index contributed by atoms with van der Waals surface area (Å²) in [7, 11) is -4.00. The van der Waals surface area contributed by atoms with E-state index in [0.29, 0.717) is 16.3 Å². The summed E-state index contributed by atoms with van der Waals surface area (Å²) in [5.74, 6) is -0.316. The molecule has 33 heavy (non-hydrogen) atoms. The van der Waals surface area contributed by atoms with Crippen LogP contribution in [0.15, 0.2) is 82.6 Å². The maximum absolute atomic E-state index is 13.6. The maximum atomic E-state index is 13.6. The fourth-order valence-corrected chi connectivity index (χ4v) is 6.59. The second-order valence-corrected chi connectivity index (χ2v) is 10.9. The lowest BCUT2D eigenvalue weighted by molar-refractivity contribution is 0.104. The molecule has 1 heterocycles. The molecule has 4 aromatic rings. The molecule has 0 aliphatic carbocycles. The highest BCUT2D eigenvalue weighted by Crippen LogP contribution is 2.44. The van der Waals surface area contributed by atoms with Crippen LogP contribution in [0, 0.1) is 13.8 Å². The van der Waals surface area contributed by atoms with Crippen molar-refractivity contribution in [3.05, 3.63) is 99.4 Å². The van der Waals surface area contributed by atoms with Crippen molar-refractivity contribution >= 4 is 54.9 Å². The monoisotopic (exact) mass is 496 g/mol. The van der Waals surface area contributed by atoms with Crippen molar-refractivity contribution in [2.24, 2.45) is 0 Å². The second-order valence-electron chi connectivity index (χ2n) is 7.60. The van der Waals surface area contributed by atoms with E-state index in [1.165, 1.54) is 12.1 Å². The molecule has 0 fully saturated rings. The number of benzene rings is 3. The number of nitrogen functional groups attached to an aromatic ring is 1. The molecule has 0 aliphatic heterocycles. The van der Waals surface area contributed by atoms with E-state index in [-0.39, 0.29) is 31.1 Å². The molecule has 168 valence electrons. The number of nitrogens with two attached hydrogens (primary N) is 1. The number of ketones is 1. The first kappa shape index (κ1) is 23.0. The summed E-state index contributed by atoms with van der Waals surface area (Å²) in [6.07, 6.45) is 0. The Bertz CT molecular complexity index is 1450. The van der Waals surface area contributed by atoms with Crippen LogP contribution in [0.5, 0.6) is 0 Å². The van der Waals surface area contributed by atoms with Crippen molar-refractivity contribution in [1.29, 1.82) is 0 Å².